The molecular weight excluding hydrogens is 445 g/mol. The maximum atomic E-state index is 15.9. The first-order valence-corrected chi connectivity index (χ1v) is 10.9. The Morgan fingerprint density at radius 2 is 1.88 bits per heavy atom. The highest BCUT2D eigenvalue weighted by Crippen LogP contribution is 2.57. The highest BCUT2D eigenvalue weighted by molar-refractivity contribution is 5.87. The summed E-state index contributed by atoms with van der Waals surface area (Å²) in [7, 11) is 0. The van der Waals surface area contributed by atoms with Gasteiger partial charge in [0, 0.05) is 40.3 Å². The van der Waals surface area contributed by atoms with E-state index in [9.17, 15) is 32.7 Å². The molecule has 176 valence electrons. The number of amides is 1. The van der Waals surface area contributed by atoms with Crippen molar-refractivity contribution in [3.8, 4) is 6.07 Å². The number of fused-ring (bicyclic) bond motifs is 1. The Morgan fingerprint density at radius 3 is 2.45 bits per heavy atom. The molecule has 3 atom stereocenters. The maximum absolute atomic E-state index is 15.9. The van der Waals surface area contributed by atoms with Crippen molar-refractivity contribution in [2.24, 2.45) is 11.3 Å². The van der Waals surface area contributed by atoms with Gasteiger partial charge in [0.1, 0.15) is 5.82 Å². The van der Waals surface area contributed by atoms with Gasteiger partial charge < -0.3 is 15.0 Å². The van der Waals surface area contributed by atoms with Crippen LogP contribution >= 0.6 is 0 Å². The lowest BCUT2D eigenvalue weighted by Gasteiger charge is -2.59. The molecule has 2 aromatic rings. The number of H-pyrrole nitrogens is 1. The first-order chi connectivity index (χ1) is 15.5. The number of aromatic nitrogens is 1. The Kier molecular flexibility index (Phi) is 4.80. The van der Waals surface area contributed by atoms with Crippen molar-refractivity contribution in [1.82, 2.24) is 9.88 Å². The zero-order valence-corrected chi connectivity index (χ0v) is 17.6. The summed E-state index contributed by atoms with van der Waals surface area (Å²) in [6.07, 6.45) is -3.56. The number of nitrogens with one attached hydrogen (secondary N) is 1. The number of aliphatic hydroxyl groups excluding tert-OH is 1. The summed E-state index contributed by atoms with van der Waals surface area (Å²) < 4.78 is 73.2. The van der Waals surface area contributed by atoms with Crippen LogP contribution in [-0.2, 0) is 17.1 Å². The summed E-state index contributed by atoms with van der Waals surface area (Å²) >= 11 is 0. The monoisotopic (exact) mass is 467 g/mol. The van der Waals surface area contributed by atoms with E-state index in [1.54, 1.807) is 0 Å². The van der Waals surface area contributed by atoms with Gasteiger partial charge in [-0.05, 0) is 44.1 Å². The molecule has 2 aliphatic carbocycles. The van der Waals surface area contributed by atoms with Crippen LogP contribution < -0.4 is 0 Å². The summed E-state index contributed by atoms with van der Waals surface area (Å²) in [5, 5.41) is 18.3. The molecular formula is C23H22F5N3O2. The number of carbonyl (C=O) groups is 1. The smallest absolute Gasteiger partial charge is 0.392 e. The molecule has 0 radical (unpaired) electrons. The average molecular weight is 467 g/mol. The van der Waals surface area contributed by atoms with Crippen molar-refractivity contribution in [2.45, 2.75) is 69.1 Å². The topological polar surface area (TPSA) is 80.1 Å². The second-order valence-corrected chi connectivity index (χ2v) is 9.75. The molecule has 3 unspecified atom stereocenters. The van der Waals surface area contributed by atoms with Crippen LogP contribution in [-0.4, -0.2) is 39.2 Å². The number of hydrogen-bond acceptors (Lipinski definition) is 3. The fourth-order valence-electron chi connectivity index (χ4n) is 6.48. The Bertz CT molecular complexity index is 1150. The molecule has 1 aromatic heterocycles. The molecule has 0 spiro atoms. The second kappa shape index (κ2) is 7.16. The van der Waals surface area contributed by atoms with E-state index in [0.717, 1.165) is 12.6 Å². The molecule has 4 aliphatic rings. The van der Waals surface area contributed by atoms with Gasteiger partial charge in [-0.3, -0.25) is 4.79 Å². The van der Waals surface area contributed by atoms with E-state index in [2.05, 4.69) is 11.1 Å². The van der Waals surface area contributed by atoms with E-state index < -0.39 is 53.0 Å². The predicted molar refractivity (Wildman–Crippen MR) is 107 cm³/mol. The van der Waals surface area contributed by atoms with E-state index in [4.69, 9.17) is 0 Å². The van der Waals surface area contributed by atoms with Crippen molar-refractivity contribution in [3.05, 3.63) is 35.3 Å². The van der Waals surface area contributed by atoms with Crippen molar-refractivity contribution in [1.29, 1.82) is 5.26 Å². The maximum Gasteiger partial charge on any atom is 0.427 e. The van der Waals surface area contributed by atoms with Crippen LogP contribution in [0.2, 0.25) is 0 Å². The minimum Gasteiger partial charge on any atom is -0.392 e. The zero-order chi connectivity index (χ0) is 23.8. The number of nitrogens with zero attached hydrogens (tertiary/aromatic N) is 2. The van der Waals surface area contributed by atoms with E-state index in [0.29, 0.717) is 25.7 Å². The normalized spacial score (nSPS) is 30.5. The van der Waals surface area contributed by atoms with Crippen LogP contribution in [0.5, 0.6) is 0 Å². The van der Waals surface area contributed by atoms with Crippen molar-refractivity contribution in [3.63, 3.8) is 0 Å². The first kappa shape index (κ1) is 22.1. The molecule has 4 bridgehead atoms. The molecule has 6 rings (SSSR count). The van der Waals surface area contributed by atoms with Crippen LogP contribution in [0, 0.1) is 28.5 Å². The predicted octanol–water partition coefficient (Wildman–Crippen LogP) is 4.60. The van der Waals surface area contributed by atoms with Gasteiger partial charge in [0.25, 0.3) is 0 Å². The van der Waals surface area contributed by atoms with Gasteiger partial charge in [-0.15, -0.1) is 0 Å². The molecule has 2 aliphatic heterocycles. The number of rotatable bonds is 4. The Balaban J connectivity index is 1.52. The van der Waals surface area contributed by atoms with Crippen LogP contribution in [0.3, 0.4) is 0 Å². The molecule has 2 N–H and O–H groups in total. The number of aromatic amines is 1. The summed E-state index contributed by atoms with van der Waals surface area (Å²) in [6.45, 7) is -0.768. The lowest BCUT2D eigenvalue weighted by atomic mass is 9.56. The van der Waals surface area contributed by atoms with Crippen LogP contribution in [0.15, 0.2) is 18.3 Å². The van der Waals surface area contributed by atoms with Gasteiger partial charge >= 0.3 is 6.18 Å². The summed E-state index contributed by atoms with van der Waals surface area (Å²) in [5.41, 5.74) is -6.04. The van der Waals surface area contributed by atoms with Crippen LogP contribution in [0.4, 0.5) is 22.0 Å². The summed E-state index contributed by atoms with van der Waals surface area (Å²) in [4.78, 5) is 17.0. The molecule has 3 heterocycles. The van der Waals surface area contributed by atoms with Gasteiger partial charge in [0.05, 0.1) is 24.5 Å². The van der Waals surface area contributed by atoms with E-state index in [-0.39, 0.29) is 29.1 Å². The summed E-state index contributed by atoms with van der Waals surface area (Å²) in [6, 6.07) is 4.02. The average Bonchev–Trinajstić information content (AvgIpc) is 3.18. The SMILES string of the molecule is N#CC12CC3CC(C1)N(C(=O)CC(F)(c1c[nH]c4ccc(CO)c(F)c14)C(F)(F)F)C(C3)C2. The minimum absolute atomic E-state index is 0.0654. The third-order valence-corrected chi connectivity index (χ3v) is 7.76. The standard InChI is InChI=1S/C23H22F5N3O2/c24-20-13(10-32)1-2-17-19(20)16(9-30-17)22(25,23(26,27)28)8-18(33)31-14-3-12-4-15(31)7-21(5-12,6-14)11-29/h1-2,9,12,14-15,30,32H,3-8,10H2. The Labute approximate surface area is 186 Å². The molecule has 33 heavy (non-hydrogen) atoms. The van der Waals surface area contributed by atoms with Gasteiger partial charge in [-0.25, -0.2) is 8.78 Å². The molecule has 1 aromatic carbocycles. The molecule has 10 heteroatoms. The summed E-state index contributed by atoms with van der Waals surface area (Å²) in [5.74, 6) is -1.90. The van der Waals surface area contributed by atoms with Crippen LogP contribution in [0.1, 0.15) is 49.7 Å². The van der Waals surface area contributed by atoms with Crippen LogP contribution in [0.25, 0.3) is 10.9 Å². The number of alkyl halides is 4. The molecule has 4 fully saturated rings. The third kappa shape index (κ3) is 3.15. The second-order valence-electron chi connectivity index (χ2n) is 9.75. The third-order valence-electron chi connectivity index (χ3n) is 7.76. The number of nitriles is 1. The Hall–Kier alpha value is -2.67. The minimum atomic E-state index is -5.49. The molecule has 2 saturated carbocycles. The lowest BCUT2D eigenvalue weighted by molar-refractivity contribution is -0.239. The van der Waals surface area contributed by atoms with Crippen molar-refractivity contribution in [2.75, 3.05) is 0 Å². The number of halogens is 5. The largest absolute Gasteiger partial charge is 0.427 e. The zero-order valence-electron chi connectivity index (χ0n) is 17.6. The highest BCUT2D eigenvalue weighted by Gasteiger charge is 2.62. The fourth-order valence-corrected chi connectivity index (χ4v) is 6.48. The fraction of sp³-hybridized carbons (Fsp3) is 0.565. The van der Waals surface area contributed by atoms with Gasteiger partial charge in [0.2, 0.25) is 11.6 Å². The van der Waals surface area contributed by atoms with Gasteiger partial charge in [-0.2, -0.15) is 18.4 Å². The Morgan fingerprint density at radius 1 is 1.21 bits per heavy atom. The molecule has 2 saturated heterocycles. The first-order valence-electron chi connectivity index (χ1n) is 10.9. The van der Waals surface area contributed by atoms with Gasteiger partial charge in [-0.1, -0.05) is 6.07 Å². The number of carbonyl (C=O) groups excluding carboxylic acids is 1. The van der Waals surface area contributed by atoms with Crippen molar-refractivity contribution >= 4 is 16.8 Å². The number of benzene rings is 1. The van der Waals surface area contributed by atoms with E-state index in [1.807, 2.05) is 0 Å². The van der Waals surface area contributed by atoms with Gasteiger partial charge in [0.15, 0.2) is 0 Å². The van der Waals surface area contributed by atoms with Crippen molar-refractivity contribution < 1.29 is 31.9 Å². The number of aliphatic hydroxyl groups is 1. The highest BCUT2D eigenvalue weighted by atomic mass is 19.4. The molecule has 5 nitrogen and oxygen atoms in total. The van der Waals surface area contributed by atoms with E-state index >= 15 is 4.39 Å². The van der Waals surface area contributed by atoms with E-state index in [1.165, 1.54) is 17.0 Å². The quantitative estimate of drug-likeness (QED) is 0.645. The lowest BCUT2D eigenvalue weighted by Crippen LogP contribution is -2.63. The number of piperidine rings is 2. The molecule has 1 amide bonds. The number of hydrogen-bond donors (Lipinski definition) is 2.